The molecular weight excluding hydrogens is 448 g/mol. The standard InChI is InChI=1S/C25H25F2NO4S/c1-31-22-14-19-12-13-28(16-17-8-10-20(11-9-17)33(29,30)25(26)27)24(18-6-4-3-5-7-18)21(19)15-23(22)32-2/h3-11,14-15,24-25H,12-13,16H2,1-2H3. The van der Waals surface area contributed by atoms with E-state index in [0.29, 0.717) is 18.0 Å². The quantitative estimate of drug-likeness (QED) is 0.491. The summed E-state index contributed by atoms with van der Waals surface area (Å²) in [6.07, 6.45) is 0.802. The van der Waals surface area contributed by atoms with E-state index in [0.717, 1.165) is 29.7 Å². The molecule has 0 radical (unpaired) electrons. The van der Waals surface area contributed by atoms with E-state index < -0.39 is 15.6 Å². The number of sulfone groups is 1. The molecule has 0 saturated heterocycles. The Balaban J connectivity index is 1.70. The molecule has 0 spiro atoms. The Morgan fingerprint density at radius 2 is 1.61 bits per heavy atom. The van der Waals surface area contributed by atoms with Crippen LogP contribution in [0.3, 0.4) is 0 Å². The van der Waals surface area contributed by atoms with Crippen LogP contribution < -0.4 is 9.47 Å². The summed E-state index contributed by atoms with van der Waals surface area (Å²) in [6, 6.07) is 19.8. The number of hydrogen-bond acceptors (Lipinski definition) is 5. The summed E-state index contributed by atoms with van der Waals surface area (Å²) in [7, 11) is -1.38. The monoisotopic (exact) mass is 473 g/mol. The molecule has 174 valence electrons. The minimum absolute atomic E-state index is 0.0563. The maximum atomic E-state index is 12.9. The average Bonchev–Trinajstić information content (AvgIpc) is 2.83. The van der Waals surface area contributed by atoms with Gasteiger partial charge in [0.15, 0.2) is 11.5 Å². The van der Waals surface area contributed by atoms with E-state index in [1.54, 1.807) is 26.4 Å². The normalized spacial score (nSPS) is 16.5. The van der Waals surface area contributed by atoms with Crippen LogP contribution in [0.25, 0.3) is 0 Å². The number of alkyl halides is 2. The summed E-state index contributed by atoms with van der Waals surface area (Å²) in [5.74, 6) is -2.09. The predicted molar refractivity (Wildman–Crippen MR) is 122 cm³/mol. The van der Waals surface area contributed by atoms with Gasteiger partial charge in [0, 0.05) is 13.1 Å². The Morgan fingerprint density at radius 1 is 0.970 bits per heavy atom. The van der Waals surface area contributed by atoms with Gasteiger partial charge in [-0.2, -0.15) is 8.78 Å². The topological polar surface area (TPSA) is 55.8 Å². The molecule has 0 aliphatic carbocycles. The second kappa shape index (κ2) is 9.49. The molecule has 8 heteroatoms. The Kier molecular flexibility index (Phi) is 6.67. The third kappa shape index (κ3) is 4.58. The van der Waals surface area contributed by atoms with E-state index in [-0.39, 0.29) is 10.9 Å². The number of rotatable bonds is 7. The van der Waals surface area contributed by atoms with Crippen LogP contribution >= 0.6 is 0 Å². The van der Waals surface area contributed by atoms with E-state index >= 15 is 0 Å². The Hall–Kier alpha value is -2.97. The molecule has 0 fully saturated rings. The van der Waals surface area contributed by atoms with Crippen LogP contribution in [0.15, 0.2) is 71.6 Å². The molecule has 0 bridgehead atoms. The highest BCUT2D eigenvalue weighted by Gasteiger charge is 2.31. The fourth-order valence-electron chi connectivity index (χ4n) is 4.32. The van der Waals surface area contributed by atoms with E-state index in [4.69, 9.17) is 9.47 Å². The molecule has 0 saturated carbocycles. The zero-order valence-corrected chi connectivity index (χ0v) is 19.2. The first-order valence-corrected chi connectivity index (χ1v) is 12.0. The zero-order chi connectivity index (χ0) is 23.6. The van der Waals surface area contributed by atoms with Crippen molar-refractivity contribution >= 4 is 9.84 Å². The lowest BCUT2D eigenvalue weighted by molar-refractivity contribution is 0.203. The van der Waals surface area contributed by atoms with Crippen molar-refractivity contribution in [3.8, 4) is 11.5 Å². The summed E-state index contributed by atoms with van der Waals surface area (Å²) in [5, 5.41) is 0. The van der Waals surface area contributed by atoms with Crippen molar-refractivity contribution in [3.05, 3.63) is 89.0 Å². The van der Waals surface area contributed by atoms with Crippen LogP contribution in [0, 0.1) is 0 Å². The van der Waals surface area contributed by atoms with Gasteiger partial charge in [-0.15, -0.1) is 0 Å². The van der Waals surface area contributed by atoms with Gasteiger partial charge < -0.3 is 9.47 Å². The van der Waals surface area contributed by atoms with Gasteiger partial charge >= 0.3 is 5.76 Å². The Morgan fingerprint density at radius 3 is 2.21 bits per heavy atom. The lowest BCUT2D eigenvalue weighted by Crippen LogP contribution is -2.35. The first-order valence-electron chi connectivity index (χ1n) is 10.5. The van der Waals surface area contributed by atoms with Gasteiger partial charge in [0.25, 0.3) is 0 Å². The van der Waals surface area contributed by atoms with E-state index in [9.17, 15) is 17.2 Å². The summed E-state index contributed by atoms with van der Waals surface area (Å²) in [6.45, 7) is 1.29. The van der Waals surface area contributed by atoms with Gasteiger partial charge in [-0.25, -0.2) is 8.42 Å². The number of fused-ring (bicyclic) bond motifs is 1. The van der Waals surface area contributed by atoms with Crippen molar-refractivity contribution in [1.29, 1.82) is 0 Å². The summed E-state index contributed by atoms with van der Waals surface area (Å²) in [5.41, 5.74) is 4.24. The number of hydrogen-bond donors (Lipinski definition) is 0. The third-order valence-corrected chi connectivity index (χ3v) is 7.36. The van der Waals surface area contributed by atoms with Crippen molar-refractivity contribution < 1.29 is 26.7 Å². The van der Waals surface area contributed by atoms with Gasteiger partial charge in [0.05, 0.1) is 25.2 Å². The number of ether oxygens (including phenoxy) is 2. The number of nitrogens with zero attached hydrogens (tertiary/aromatic N) is 1. The van der Waals surface area contributed by atoms with Crippen LogP contribution in [0.5, 0.6) is 11.5 Å². The molecule has 4 rings (SSSR count). The first kappa shape index (κ1) is 23.2. The van der Waals surface area contributed by atoms with Crippen molar-refractivity contribution in [2.75, 3.05) is 20.8 Å². The van der Waals surface area contributed by atoms with Crippen molar-refractivity contribution in [1.82, 2.24) is 4.90 Å². The van der Waals surface area contributed by atoms with Gasteiger partial charge in [-0.1, -0.05) is 42.5 Å². The zero-order valence-electron chi connectivity index (χ0n) is 18.4. The molecule has 1 aliphatic heterocycles. The molecule has 33 heavy (non-hydrogen) atoms. The molecule has 1 atom stereocenters. The van der Waals surface area contributed by atoms with Crippen LogP contribution in [0.2, 0.25) is 0 Å². The summed E-state index contributed by atoms with van der Waals surface area (Å²) >= 11 is 0. The fraction of sp³-hybridized carbons (Fsp3) is 0.280. The lowest BCUT2D eigenvalue weighted by Gasteiger charge is -2.38. The van der Waals surface area contributed by atoms with Gasteiger partial charge in [-0.05, 0) is 52.9 Å². The maximum Gasteiger partial charge on any atom is 0.341 e. The molecule has 0 aromatic heterocycles. The van der Waals surface area contributed by atoms with Crippen molar-refractivity contribution in [2.24, 2.45) is 0 Å². The van der Waals surface area contributed by atoms with Gasteiger partial charge in [-0.3, -0.25) is 4.90 Å². The molecular formula is C25H25F2NO4S. The van der Waals surface area contributed by atoms with Crippen LogP contribution in [0.4, 0.5) is 8.78 Å². The molecule has 0 amide bonds. The third-order valence-electron chi connectivity index (χ3n) is 5.96. The van der Waals surface area contributed by atoms with Crippen LogP contribution in [-0.4, -0.2) is 39.8 Å². The number of benzene rings is 3. The highest BCUT2D eigenvalue weighted by atomic mass is 32.2. The highest BCUT2D eigenvalue weighted by Crippen LogP contribution is 2.41. The van der Waals surface area contributed by atoms with E-state index in [2.05, 4.69) is 17.0 Å². The smallest absolute Gasteiger partial charge is 0.341 e. The average molecular weight is 474 g/mol. The molecule has 3 aromatic carbocycles. The molecule has 0 N–H and O–H groups in total. The molecule has 1 heterocycles. The second-order valence-electron chi connectivity index (χ2n) is 7.89. The SMILES string of the molecule is COc1cc2c(cc1OC)C(c1ccccc1)N(Cc1ccc(S(=O)(=O)C(F)F)cc1)CC2. The highest BCUT2D eigenvalue weighted by molar-refractivity contribution is 7.91. The minimum atomic E-state index is -4.61. The fourth-order valence-corrected chi connectivity index (χ4v) is 5.04. The Labute approximate surface area is 192 Å². The van der Waals surface area contributed by atoms with Gasteiger partial charge in [0.1, 0.15) is 0 Å². The van der Waals surface area contributed by atoms with E-state index in [1.807, 2.05) is 30.3 Å². The lowest BCUT2D eigenvalue weighted by atomic mass is 9.87. The first-order chi connectivity index (χ1) is 15.8. The molecule has 3 aromatic rings. The maximum absolute atomic E-state index is 12.9. The van der Waals surface area contributed by atoms with Gasteiger partial charge in [0.2, 0.25) is 9.84 Å². The molecule has 1 unspecified atom stereocenters. The Bertz CT molecular complexity index is 1220. The predicted octanol–water partition coefficient (Wildman–Crippen LogP) is 4.85. The van der Waals surface area contributed by atoms with Crippen molar-refractivity contribution in [2.45, 2.75) is 29.7 Å². The number of halogens is 2. The van der Waals surface area contributed by atoms with Crippen LogP contribution in [0.1, 0.15) is 28.3 Å². The largest absolute Gasteiger partial charge is 0.493 e. The summed E-state index contributed by atoms with van der Waals surface area (Å²) in [4.78, 5) is 1.92. The summed E-state index contributed by atoms with van der Waals surface area (Å²) < 4.78 is 60.2. The molecule has 1 aliphatic rings. The molecule has 5 nitrogen and oxygen atoms in total. The minimum Gasteiger partial charge on any atom is -0.493 e. The van der Waals surface area contributed by atoms with Crippen LogP contribution in [-0.2, 0) is 22.8 Å². The second-order valence-corrected chi connectivity index (χ2v) is 9.81. The number of methoxy groups -OCH3 is 2. The van der Waals surface area contributed by atoms with Crippen molar-refractivity contribution in [3.63, 3.8) is 0 Å². The van der Waals surface area contributed by atoms with E-state index in [1.165, 1.54) is 17.7 Å².